The molecule has 0 aromatic heterocycles. The minimum Gasteiger partial charge on any atom is -0.492 e. The molecule has 100 valence electrons. The lowest BCUT2D eigenvalue weighted by atomic mass is 10.1. The van der Waals surface area contributed by atoms with Crippen LogP contribution in [0, 0.1) is 13.8 Å². The summed E-state index contributed by atoms with van der Waals surface area (Å²) in [7, 11) is 0. The fourth-order valence-electron chi connectivity index (χ4n) is 1.97. The topological polar surface area (TPSA) is 21.3 Å². The Bertz CT molecular complexity index is 517. The molecule has 0 aliphatic heterocycles. The molecule has 0 spiro atoms. The van der Waals surface area contributed by atoms with E-state index in [4.69, 9.17) is 4.74 Å². The van der Waals surface area contributed by atoms with E-state index in [-0.39, 0.29) is 0 Å². The zero-order valence-electron chi connectivity index (χ0n) is 11.2. The summed E-state index contributed by atoms with van der Waals surface area (Å²) in [6.07, 6.45) is 0. The van der Waals surface area contributed by atoms with Crippen LogP contribution >= 0.6 is 15.9 Å². The second-order valence-corrected chi connectivity index (χ2v) is 5.52. The van der Waals surface area contributed by atoms with Crippen LogP contribution in [0.1, 0.15) is 11.1 Å². The maximum Gasteiger partial charge on any atom is 0.119 e. The van der Waals surface area contributed by atoms with Crippen molar-refractivity contribution in [2.45, 2.75) is 13.8 Å². The minimum absolute atomic E-state index is 0.647. The number of halogens is 1. The van der Waals surface area contributed by atoms with Gasteiger partial charge in [0.1, 0.15) is 12.4 Å². The van der Waals surface area contributed by atoms with Crippen LogP contribution in [0.2, 0.25) is 0 Å². The van der Waals surface area contributed by atoms with E-state index in [2.05, 4.69) is 53.3 Å². The van der Waals surface area contributed by atoms with Crippen molar-refractivity contribution < 1.29 is 4.74 Å². The monoisotopic (exact) mass is 319 g/mol. The summed E-state index contributed by atoms with van der Waals surface area (Å²) in [5.74, 6) is 0.894. The Morgan fingerprint density at radius 1 is 1.00 bits per heavy atom. The molecule has 2 nitrogen and oxygen atoms in total. The van der Waals surface area contributed by atoms with Gasteiger partial charge in [0.05, 0.1) is 0 Å². The van der Waals surface area contributed by atoms with Crippen LogP contribution in [0.3, 0.4) is 0 Å². The van der Waals surface area contributed by atoms with Crippen molar-refractivity contribution in [3.8, 4) is 5.75 Å². The van der Waals surface area contributed by atoms with Crippen LogP contribution in [-0.2, 0) is 0 Å². The minimum atomic E-state index is 0.647. The maximum atomic E-state index is 5.66. The Morgan fingerprint density at radius 3 is 2.26 bits per heavy atom. The number of nitrogens with one attached hydrogen (secondary N) is 1. The number of hydrogen-bond acceptors (Lipinski definition) is 2. The molecule has 0 unspecified atom stereocenters. The zero-order valence-corrected chi connectivity index (χ0v) is 12.8. The van der Waals surface area contributed by atoms with Gasteiger partial charge in [-0.2, -0.15) is 0 Å². The van der Waals surface area contributed by atoms with E-state index in [0.29, 0.717) is 6.61 Å². The quantitative estimate of drug-likeness (QED) is 0.816. The van der Waals surface area contributed by atoms with Crippen LogP contribution in [-0.4, -0.2) is 13.2 Å². The Hall–Kier alpha value is -1.48. The molecule has 2 aromatic carbocycles. The predicted molar refractivity (Wildman–Crippen MR) is 84.0 cm³/mol. The molecule has 0 radical (unpaired) electrons. The number of rotatable bonds is 5. The Kier molecular flexibility index (Phi) is 4.86. The molecule has 0 saturated carbocycles. The first-order chi connectivity index (χ1) is 9.13. The van der Waals surface area contributed by atoms with Crippen LogP contribution < -0.4 is 10.1 Å². The van der Waals surface area contributed by atoms with Crippen molar-refractivity contribution in [2.24, 2.45) is 0 Å². The molecule has 1 N–H and O–H groups in total. The van der Waals surface area contributed by atoms with Gasteiger partial charge in [-0.3, -0.25) is 0 Å². The highest BCUT2D eigenvalue weighted by atomic mass is 79.9. The summed E-state index contributed by atoms with van der Waals surface area (Å²) in [6, 6.07) is 14.3. The maximum absolute atomic E-state index is 5.66. The Morgan fingerprint density at radius 2 is 1.63 bits per heavy atom. The van der Waals surface area contributed by atoms with Gasteiger partial charge in [-0.15, -0.1) is 0 Å². The summed E-state index contributed by atoms with van der Waals surface area (Å²) in [5, 5.41) is 3.37. The molecule has 0 heterocycles. The summed E-state index contributed by atoms with van der Waals surface area (Å²) in [6.45, 7) is 5.65. The molecule has 0 saturated heterocycles. The average Bonchev–Trinajstić information content (AvgIpc) is 2.36. The third kappa shape index (κ3) is 4.60. The van der Waals surface area contributed by atoms with Gasteiger partial charge in [0.2, 0.25) is 0 Å². The fraction of sp³-hybridized carbons (Fsp3) is 0.250. The standard InChI is InChI=1S/C16H18BrNO/c1-12-9-13(2)11-15(10-12)18-7-8-19-16-5-3-14(17)4-6-16/h3-6,9-11,18H,7-8H2,1-2H3. The molecule has 3 heteroatoms. The molecule has 0 bridgehead atoms. The van der Waals surface area contributed by atoms with Crippen molar-refractivity contribution in [1.29, 1.82) is 0 Å². The van der Waals surface area contributed by atoms with Crippen molar-refractivity contribution in [3.63, 3.8) is 0 Å². The lowest BCUT2D eigenvalue weighted by Crippen LogP contribution is -2.11. The lowest BCUT2D eigenvalue weighted by Gasteiger charge is -2.10. The molecule has 0 atom stereocenters. The van der Waals surface area contributed by atoms with E-state index in [1.807, 2.05) is 24.3 Å². The molecule has 2 aromatic rings. The molecular formula is C16H18BrNO. The molecule has 0 amide bonds. The predicted octanol–water partition coefficient (Wildman–Crippen LogP) is 4.56. The van der Waals surface area contributed by atoms with E-state index in [1.54, 1.807) is 0 Å². The molecule has 19 heavy (non-hydrogen) atoms. The lowest BCUT2D eigenvalue weighted by molar-refractivity contribution is 0.333. The van der Waals surface area contributed by atoms with Crippen LogP contribution in [0.4, 0.5) is 5.69 Å². The van der Waals surface area contributed by atoms with Gasteiger partial charge in [0.15, 0.2) is 0 Å². The van der Waals surface area contributed by atoms with Crippen LogP contribution in [0.5, 0.6) is 5.75 Å². The molecular weight excluding hydrogens is 302 g/mol. The largest absolute Gasteiger partial charge is 0.492 e. The number of ether oxygens (including phenoxy) is 1. The normalized spacial score (nSPS) is 10.3. The van der Waals surface area contributed by atoms with Crippen molar-refractivity contribution >= 4 is 21.6 Å². The molecule has 0 fully saturated rings. The van der Waals surface area contributed by atoms with Gasteiger partial charge in [-0.25, -0.2) is 0 Å². The Balaban J connectivity index is 1.79. The first-order valence-corrected chi connectivity index (χ1v) is 7.13. The molecule has 0 aliphatic carbocycles. The second-order valence-electron chi connectivity index (χ2n) is 4.61. The van der Waals surface area contributed by atoms with Crippen molar-refractivity contribution in [3.05, 3.63) is 58.1 Å². The second kappa shape index (κ2) is 6.62. The number of aryl methyl sites for hydroxylation is 2. The van der Waals surface area contributed by atoms with E-state index in [9.17, 15) is 0 Å². The molecule has 2 rings (SSSR count). The SMILES string of the molecule is Cc1cc(C)cc(NCCOc2ccc(Br)cc2)c1. The van der Waals surface area contributed by atoms with Gasteiger partial charge in [-0.1, -0.05) is 22.0 Å². The average molecular weight is 320 g/mol. The smallest absolute Gasteiger partial charge is 0.119 e. The van der Waals surface area contributed by atoms with E-state index in [0.717, 1.165) is 22.5 Å². The van der Waals surface area contributed by atoms with Crippen molar-refractivity contribution in [1.82, 2.24) is 0 Å². The van der Waals surface area contributed by atoms with Crippen molar-refractivity contribution in [2.75, 3.05) is 18.5 Å². The number of anilines is 1. The summed E-state index contributed by atoms with van der Waals surface area (Å²) >= 11 is 3.40. The first kappa shape index (κ1) is 13.9. The zero-order chi connectivity index (χ0) is 13.7. The van der Waals surface area contributed by atoms with Crippen LogP contribution in [0.25, 0.3) is 0 Å². The number of hydrogen-bond donors (Lipinski definition) is 1. The highest BCUT2D eigenvalue weighted by molar-refractivity contribution is 9.10. The van der Waals surface area contributed by atoms with E-state index < -0.39 is 0 Å². The van der Waals surface area contributed by atoms with Gasteiger partial charge in [0, 0.05) is 16.7 Å². The van der Waals surface area contributed by atoms with Gasteiger partial charge < -0.3 is 10.1 Å². The summed E-state index contributed by atoms with van der Waals surface area (Å²) < 4.78 is 6.72. The first-order valence-electron chi connectivity index (χ1n) is 6.34. The van der Waals surface area contributed by atoms with Gasteiger partial charge in [0.25, 0.3) is 0 Å². The Labute approximate surface area is 122 Å². The summed E-state index contributed by atoms with van der Waals surface area (Å²) in [5.41, 5.74) is 3.70. The van der Waals surface area contributed by atoms with E-state index in [1.165, 1.54) is 11.1 Å². The third-order valence-corrected chi connectivity index (χ3v) is 3.26. The highest BCUT2D eigenvalue weighted by Gasteiger charge is 1.96. The fourth-order valence-corrected chi connectivity index (χ4v) is 2.24. The van der Waals surface area contributed by atoms with E-state index >= 15 is 0 Å². The van der Waals surface area contributed by atoms with Gasteiger partial charge in [-0.05, 0) is 61.4 Å². The third-order valence-electron chi connectivity index (χ3n) is 2.74. The number of benzene rings is 2. The van der Waals surface area contributed by atoms with Crippen LogP contribution in [0.15, 0.2) is 46.9 Å². The summed E-state index contributed by atoms with van der Waals surface area (Å²) in [4.78, 5) is 0. The molecule has 0 aliphatic rings. The highest BCUT2D eigenvalue weighted by Crippen LogP contribution is 2.16. The van der Waals surface area contributed by atoms with Gasteiger partial charge >= 0.3 is 0 Å².